The molecule has 3 nitrogen and oxygen atoms in total. The number of aromatic nitrogens is 1. The van der Waals surface area contributed by atoms with Crippen molar-refractivity contribution in [3.63, 3.8) is 0 Å². The Morgan fingerprint density at radius 2 is 2.25 bits per heavy atom. The highest BCUT2D eigenvalue weighted by atomic mass is 35.5. The molecule has 6 heteroatoms. The molecule has 0 unspecified atom stereocenters. The van der Waals surface area contributed by atoms with E-state index < -0.39 is 18.0 Å². The van der Waals surface area contributed by atoms with E-state index >= 15 is 0 Å². The van der Waals surface area contributed by atoms with E-state index in [2.05, 4.69) is 9.72 Å². The van der Waals surface area contributed by atoms with Crippen molar-refractivity contribution in [1.82, 2.24) is 4.98 Å². The predicted molar refractivity (Wildman–Crippen MR) is 54.8 cm³/mol. The molecule has 0 saturated heterocycles. The van der Waals surface area contributed by atoms with E-state index in [9.17, 15) is 13.6 Å². The SMILES string of the molecule is COC(=O)c1nc(CCl)c(C)cc1C(F)F. The minimum Gasteiger partial charge on any atom is -0.464 e. The molecule has 0 spiro atoms. The number of hydrogen-bond acceptors (Lipinski definition) is 3. The zero-order valence-electron chi connectivity index (χ0n) is 8.76. The summed E-state index contributed by atoms with van der Waals surface area (Å²) in [6, 6.07) is 1.21. The number of rotatable bonds is 3. The van der Waals surface area contributed by atoms with Gasteiger partial charge in [0, 0.05) is 0 Å². The third kappa shape index (κ3) is 2.47. The van der Waals surface area contributed by atoms with Gasteiger partial charge in [0.05, 0.1) is 24.2 Å². The van der Waals surface area contributed by atoms with Crippen LogP contribution in [0.4, 0.5) is 8.78 Å². The van der Waals surface area contributed by atoms with Crippen molar-refractivity contribution in [2.75, 3.05) is 7.11 Å². The molecule has 1 aromatic heterocycles. The van der Waals surface area contributed by atoms with Gasteiger partial charge < -0.3 is 4.74 Å². The van der Waals surface area contributed by atoms with Crippen LogP contribution in [0.5, 0.6) is 0 Å². The summed E-state index contributed by atoms with van der Waals surface area (Å²) in [6.07, 6.45) is -2.77. The Morgan fingerprint density at radius 1 is 1.62 bits per heavy atom. The fourth-order valence-corrected chi connectivity index (χ4v) is 1.50. The molecule has 1 aromatic rings. The first kappa shape index (κ1) is 12.8. The molecule has 0 atom stereocenters. The number of methoxy groups -OCH3 is 1. The van der Waals surface area contributed by atoms with Gasteiger partial charge in [0.2, 0.25) is 0 Å². The number of esters is 1. The first-order chi connectivity index (χ1) is 7.51. The molecule has 16 heavy (non-hydrogen) atoms. The number of halogens is 3. The van der Waals surface area contributed by atoms with E-state index in [0.29, 0.717) is 11.3 Å². The van der Waals surface area contributed by atoms with Gasteiger partial charge in [0.15, 0.2) is 5.69 Å². The van der Waals surface area contributed by atoms with E-state index in [1.165, 1.54) is 6.07 Å². The van der Waals surface area contributed by atoms with E-state index in [4.69, 9.17) is 11.6 Å². The van der Waals surface area contributed by atoms with Crippen molar-refractivity contribution in [3.05, 3.63) is 28.6 Å². The molecule has 0 aliphatic carbocycles. The van der Waals surface area contributed by atoms with Gasteiger partial charge >= 0.3 is 5.97 Å². The Bertz CT molecular complexity index is 410. The highest BCUT2D eigenvalue weighted by Crippen LogP contribution is 2.25. The topological polar surface area (TPSA) is 39.2 Å². The Labute approximate surface area is 96.4 Å². The number of carbonyl (C=O) groups is 1. The second kappa shape index (κ2) is 5.21. The van der Waals surface area contributed by atoms with Gasteiger partial charge in [-0.05, 0) is 18.6 Å². The third-order valence-electron chi connectivity index (χ3n) is 2.09. The summed E-state index contributed by atoms with van der Waals surface area (Å²) in [5.74, 6) is -0.832. The number of alkyl halides is 3. The van der Waals surface area contributed by atoms with Crippen molar-refractivity contribution in [2.24, 2.45) is 0 Å². The molecule has 0 aliphatic rings. The quantitative estimate of drug-likeness (QED) is 0.611. The molecule has 0 bridgehead atoms. The maximum Gasteiger partial charge on any atom is 0.357 e. The second-order valence-corrected chi connectivity index (χ2v) is 3.38. The third-order valence-corrected chi connectivity index (χ3v) is 2.34. The minimum absolute atomic E-state index is 0.0549. The zero-order valence-corrected chi connectivity index (χ0v) is 9.52. The highest BCUT2D eigenvalue weighted by molar-refractivity contribution is 6.17. The van der Waals surface area contributed by atoms with Crippen LogP contribution in [0, 0.1) is 6.92 Å². The van der Waals surface area contributed by atoms with Crippen LogP contribution in [0.15, 0.2) is 6.07 Å². The molecule has 0 radical (unpaired) electrons. The van der Waals surface area contributed by atoms with Crippen molar-refractivity contribution in [3.8, 4) is 0 Å². The molecular weight excluding hydrogens is 240 g/mol. The van der Waals surface area contributed by atoms with Gasteiger partial charge in [-0.15, -0.1) is 11.6 Å². The largest absolute Gasteiger partial charge is 0.464 e. The predicted octanol–water partition coefficient (Wildman–Crippen LogP) is 2.85. The van der Waals surface area contributed by atoms with Crippen molar-refractivity contribution in [2.45, 2.75) is 19.2 Å². The number of ether oxygens (including phenoxy) is 1. The lowest BCUT2D eigenvalue weighted by Gasteiger charge is -2.10. The molecule has 0 amide bonds. The lowest BCUT2D eigenvalue weighted by Crippen LogP contribution is -2.11. The van der Waals surface area contributed by atoms with E-state index in [1.807, 2.05) is 0 Å². The summed E-state index contributed by atoms with van der Waals surface area (Å²) < 4.78 is 29.7. The number of carbonyl (C=O) groups excluding carboxylic acids is 1. The standard InChI is InChI=1S/C10H10ClF2NO2/c1-5-3-6(9(12)13)8(10(15)16-2)14-7(5)4-11/h3,9H,4H2,1-2H3. The molecule has 0 saturated carbocycles. The van der Waals surface area contributed by atoms with E-state index in [0.717, 1.165) is 7.11 Å². The van der Waals surface area contributed by atoms with Crippen LogP contribution in [0.1, 0.15) is 33.7 Å². The lowest BCUT2D eigenvalue weighted by atomic mass is 10.1. The van der Waals surface area contributed by atoms with Crippen LogP contribution in [0.3, 0.4) is 0 Å². The van der Waals surface area contributed by atoms with Crippen LogP contribution < -0.4 is 0 Å². The minimum atomic E-state index is -2.77. The number of hydrogen-bond donors (Lipinski definition) is 0. The average molecular weight is 250 g/mol. The monoisotopic (exact) mass is 249 g/mol. The zero-order chi connectivity index (χ0) is 12.3. The van der Waals surface area contributed by atoms with Crippen LogP contribution >= 0.6 is 11.6 Å². The smallest absolute Gasteiger partial charge is 0.357 e. The summed E-state index contributed by atoms with van der Waals surface area (Å²) in [6.45, 7) is 1.61. The van der Waals surface area contributed by atoms with Crippen LogP contribution in [-0.4, -0.2) is 18.1 Å². The van der Waals surface area contributed by atoms with Crippen LogP contribution in [-0.2, 0) is 10.6 Å². The fraction of sp³-hybridized carbons (Fsp3) is 0.400. The van der Waals surface area contributed by atoms with Gasteiger partial charge in [-0.2, -0.15) is 0 Å². The summed E-state index contributed by atoms with van der Waals surface area (Å²) in [5.41, 5.74) is 0.112. The number of nitrogens with zero attached hydrogens (tertiary/aromatic N) is 1. The Morgan fingerprint density at radius 3 is 2.69 bits per heavy atom. The molecule has 88 valence electrons. The number of pyridine rings is 1. The lowest BCUT2D eigenvalue weighted by molar-refractivity contribution is 0.0581. The van der Waals surface area contributed by atoms with Gasteiger partial charge in [-0.1, -0.05) is 0 Å². The Balaban J connectivity index is 3.36. The van der Waals surface area contributed by atoms with Gasteiger partial charge in [0.25, 0.3) is 6.43 Å². The fourth-order valence-electron chi connectivity index (χ4n) is 1.23. The summed E-state index contributed by atoms with van der Waals surface area (Å²) >= 11 is 5.58. The first-order valence-corrected chi connectivity index (χ1v) is 4.97. The Hall–Kier alpha value is -1.23. The molecule has 1 rings (SSSR count). The maximum atomic E-state index is 12.7. The van der Waals surface area contributed by atoms with E-state index in [1.54, 1.807) is 6.92 Å². The van der Waals surface area contributed by atoms with Gasteiger partial charge in [-0.3, -0.25) is 0 Å². The van der Waals surface area contributed by atoms with Crippen molar-refractivity contribution < 1.29 is 18.3 Å². The molecule has 1 heterocycles. The molecule has 0 N–H and O–H groups in total. The highest BCUT2D eigenvalue weighted by Gasteiger charge is 2.22. The van der Waals surface area contributed by atoms with Gasteiger partial charge in [-0.25, -0.2) is 18.6 Å². The van der Waals surface area contributed by atoms with Crippen molar-refractivity contribution in [1.29, 1.82) is 0 Å². The summed E-state index contributed by atoms with van der Waals surface area (Å²) in [7, 11) is 1.11. The summed E-state index contributed by atoms with van der Waals surface area (Å²) in [5, 5.41) is 0. The number of aryl methyl sites for hydroxylation is 1. The average Bonchev–Trinajstić information content (AvgIpc) is 2.27. The van der Waals surface area contributed by atoms with Gasteiger partial charge in [0.1, 0.15) is 0 Å². The first-order valence-electron chi connectivity index (χ1n) is 4.44. The van der Waals surface area contributed by atoms with Crippen LogP contribution in [0.25, 0.3) is 0 Å². The Kier molecular flexibility index (Phi) is 4.18. The summed E-state index contributed by atoms with van der Waals surface area (Å²) in [4.78, 5) is 15.1. The van der Waals surface area contributed by atoms with Crippen molar-refractivity contribution >= 4 is 17.6 Å². The molecule has 0 fully saturated rings. The normalized spacial score (nSPS) is 10.6. The second-order valence-electron chi connectivity index (χ2n) is 3.12. The molecular formula is C10H10ClF2NO2. The van der Waals surface area contributed by atoms with E-state index in [-0.39, 0.29) is 11.6 Å². The molecule has 0 aliphatic heterocycles. The van der Waals surface area contributed by atoms with Crippen LogP contribution in [0.2, 0.25) is 0 Å². The maximum absolute atomic E-state index is 12.7. The molecule has 0 aromatic carbocycles.